The summed E-state index contributed by atoms with van der Waals surface area (Å²) in [5.74, 6) is 0.236. The molecule has 6 heteroatoms. The van der Waals surface area contributed by atoms with Crippen molar-refractivity contribution < 1.29 is 14.3 Å². The molecule has 3 rings (SSSR count). The molecule has 138 valence electrons. The van der Waals surface area contributed by atoms with Crippen LogP contribution in [0.25, 0.3) is 0 Å². The van der Waals surface area contributed by atoms with Gasteiger partial charge in [0, 0.05) is 10.4 Å². The molecule has 2 aromatic rings. The number of carbonyl (C=O) groups excluding carboxylic acids is 2. The highest BCUT2D eigenvalue weighted by Gasteiger charge is 2.19. The Morgan fingerprint density at radius 2 is 1.96 bits per heavy atom. The fraction of sp³-hybridized carbons (Fsp3) is 0.450. The molecule has 1 heterocycles. The molecule has 1 aliphatic carbocycles. The van der Waals surface area contributed by atoms with Crippen LogP contribution in [0.3, 0.4) is 0 Å². The number of ether oxygens (including phenoxy) is 1. The van der Waals surface area contributed by atoms with Crippen molar-refractivity contribution in [2.24, 2.45) is 0 Å². The monoisotopic (exact) mass is 372 g/mol. The highest BCUT2D eigenvalue weighted by atomic mass is 32.1. The van der Waals surface area contributed by atoms with E-state index in [9.17, 15) is 9.59 Å². The van der Waals surface area contributed by atoms with Crippen LogP contribution in [0.5, 0.6) is 5.75 Å². The standard InChI is InChI=1S/C20H24N2O3S/c1-13(23)15-8-7-9-16(12-15)25-14(2)19(24)22-20-21-17-10-5-3-4-6-11-18(17)26-20/h7-9,12,14H,3-6,10-11H2,1-2H3,(H,21,22,24). The van der Waals surface area contributed by atoms with Crippen LogP contribution >= 0.6 is 11.3 Å². The molecular formula is C20H24N2O3S. The van der Waals surface area contributed by atoms with Crippen LogP contribution in [-0.2, 0) is 17.6 Å². The summed E-state index contributed by atoms with van der Waals surface area (Å²) in [6.07, 6.45) is 6.23. The fourth-order valence-corrected chi connectivity index (χ4v) is 4.06. The molecule has 1 atom stereocenters. The summed E-state index contributed by atoms with van der Waals surface area (Å²) >= 11 is 1.57. The van der Waals surface area contributed by atoms with Crippen molar-refractivity contribution in [1.82, 2.24) is 4.98 Å². The fourth-order valence-electron chi connectivity index (χ4n) is 3.01. The molecule has 0 spiro atoms. The molecule has 1 aromatic heterocycles. The molecule has 0 aliphatic heterocycles. The molecule has 0 radical (unpaired) electrons. The summed E-state index contributed by atoms with van der Waals surface area (Å²) in [7, 11) is 0. The van der Waals surface area contributed by atoms with E-state index in [2.05, 4.69) is 10.3 Å². The van der Waals surface area contributed by atoms with Crippen molar-refractivity contribution in [2.75, 3.05) is 5.32 Å². The van der Waals surface area contributed by atoms with Gasteiger partial charge < -0.3 is 4.74 Å². The Balaban J connectivity index is 1.63. The van der Waals surface area contributed by atoms with E-state index in [0.29, 0.717) is 16.4 Å². The van der Waals surface area contributed by atoms with E-state index in [0.717, 1.165) is 25.0 Å². The maximum atomic E-state index is 12.4. The zero-order chi connectivity index (χ0) is 18.5. The minimum absolute atomic E-state index is 0.0345. The number of thiazole rings is 1. The number of rotatable bonds is 5. The Bertz CT molecular complexity index is 775. The van der Waals surface area contributed by atoms with Crippen LogP contribution in [0.2, 0.25) is 0 Å². The summed E-state index contributed by atoms with van der Waals surface area (Å²) in [6.45, 7) is 3.20. The zero-order valence-corrected chi connectivity index (χ0v) is 16.0. The molecule has 0 bridgehead atoms. The SMILES string of the molecule is CC(=O)c1cccc(OC(C)C(=O)Nc2nc3c(s2)CCCCCC3)c1. The first kappa shape index (κ1) is 18.6. The number of hydrogen-bond donors (Lipinski definition) is 1. The third-order valence-electron chi connectivity index (χ3n) is 4.50. The maximum absolute atomic E-state index is 12.4. The number of nitrogens with one attached hydrogen (secondary N) is 1. The number of amides is 1. The Hall–Kier alpha value is -2.21. The van der Waals surface area contributed by atoms with Crippen molar-refractivity contribution in [2.45, 2.75) is 58.5 Å². The Morgan fingerprint density at radius 3 is 2.73 bits per heavy atom. The zero-order valence-electron chi connectivity index (χ0n) is 15.2. The lowest BCUT2D eigenvalue weighted by molar-refractivity contribution is -0.122. The summed E-state index contributed by atoms with van der Waals surface area (Å²) in [4.78, 5) is 29.8. The van der Waals surface area contributed by atoms with E-state index >= 15 is 0 Å². The minimum Gasteiger partial charge on any atom is -0.481 e. The number of Topliss-reactive ketones (excluding diaryl/α,β-unsaturated/α-hetero) is 1. The van der Waals surface area contributed by atoms with Crippen LogP contribution in [0, 0.1) is 0 Å². The number of carbonyl (C=O) groups is 2. The number of hydrogen-bond acceptors (Lipinski definition) is 5. The average molecular weight is 372 g/mol. The smallest absolute Gasteiger partial charge is 0.266 e. The molecule has 5 nitrogen and oxygen atoms in total. The van der Waals surface area contributed by atoms with Gasteiger partial charge in [0.2, 0.25) is 0 Å². The number of anilines is 1. The largest absolute Gasteiger partial charge is 0.481 e. The topological polar surface area (TPSA) is 68.3 Å². The van der Waals surface area contributed by atoms with Crippen molar-refractivity contribution >= 4 is 28.2 Å². The summed E-state index contributed by atoms with van der Waals surface area (Å²) in [6, 6.07) is 6.87. The molecule has 1 aromatic carbocycles. The van der Waals surface area contributed by atoms with Gasteiger partial charge in [0.15, 0.2) is 17.0 Å². The van der Waals surface area contributed by atoms with E-state index in [1.807, 2.05) is 0 Å². The van der Waals surface area contributed by atoms with Gasteiger partial charge in [0.25, 0.3) is 5.91 Å². The Morgan fingerprint density at radius 1 is 1.19 bits per heavy atom. The van der Waals surface area contributed by atoms with Gasteiger partial charge in [0.1, 0.15) is 5.75 Å². The maximum Gasteiger partial charge on any atom is 0.266 e. The number of nitrogens with zero attached hydrogens (tertiary/aromatic N) is 1. The first-order valence-electron chi connectivity index (χ1n) is 9.10. The lowest BCUT2D eigenvalue weighted by Crippen LogP contribution is -2.30. The molecule has 0 fully saturated rings. The quantitative estimate of drug-likeness (QED) is 0.789. The lowest BCUT2D eigenvalue weighted by atomic mass is 10.0. The molecular weight excluding hydrogens is 348 g/mol. The van der Waals surface area contributed by atoms with Crippen molar-refractivity contribution in [1.29, 1.82) is 0 Å². The second-order valence-electron chi connectivity index (χ2n) is 6.64. The molecule has 1 N–H and O–H groups in total. The lowest BCUT2D eigenvalue weighted by Gasteiger charge is -2.14. The molecule has 1 unspecified atom stereocenters. The highest BCUT2D eigenvalue weighted by Crippen LogP contribution is 2.28. The van der Waals surface area contributed by atoms with Gasteiger partial charge in [-0.2, -0.15) is 0 Å². The van der Waals surface area contributed by atoms with Crippen LogP contribution in [0.4, 0.5) is 5.13 Å². The second kappa shape index (κ2) is 8.45. The van der Waals surface area contributed by atoms with E-state index in [-0.39, 0.29) is 11.7 Å². The predicted octanol–water partition coefficient (Wildman–Crippen LogP) is 4.41. The van der Waals surface area contributed by atoms with Crippen LogP contribution in [0.15, 0.2) is 24.3 Å². The Kier molecular flexibility index (Phi) is 6.04. The second-order valence-corrected chi connectivity index (χ2v) is 7.72. The van der Waals surface area contributed by atoms with Gasteiger partial charge in [-0.15, -0.1) is 11.3 Å². The van der Waals surface area contributed by atoms with Gasteiger partial charge in [0.05, 0.1) is 5.69 Å². The predicted molar refractivity (Wildman–Crippen MR) is 103 cm³/mol. The molecule has 1 aliphatic rings. The first-order chi connectivity index (χ1) is 12.5. The third kappa shape index (κ3) is 4.69. The normalized spacial score (nSPS) is 15.3. The number of aromatic nitrogens is 1. The highest BCUT2D eigenvalue weighted by molar-refractivity contribution is 7.15. The summed E-state index contributed by atoms with van der Waals surface area (Å²) < 4.78 is 5.69. The van der Waals surface area contributed by atoms with E-state index < -0.39 is 6.10 Å². The van der Waals surface area contributed by atoms with Crippen LogP contribution in [0.1, 0.15) is 60.5 Å². The van der Waals surface area contributed by atoms with E-state index in [1.165, 1.54) is 31.1 Å². The van der Waals surface area contributed by atoms with Crippen LogP contribution in [-0.4, -0.2) is 22.8 Å². The van der Waals surface area contributed by atoms with Gasteiger partial charge >= 0.3 is 0 Å². The molecule has 0 saturated heterocycles. The van der Waals surface area contributed by atoms with Crippen molar-refractivity contribution in [3.63, 3.8) is 0 Å². The van der Waals surface area contributed by atoms with Gasteiger partial charge in [-0.25, -0.2) is 4.98 Å². The van der Waals surface area contributed by atoms with Crippen LogP contribution < -0.4 is 10.1 Å². The van der Waals surface area contributed by atoms with Gasteiger partial charge in [-0.05, 0) is 51.7 Å². The first-order valence-corrected chi connectivity index (χ1v) is 9.91. The number of aryl methyl sites for hydroxylation is 2. The van der Waals surface area contributed by atoms with Crippen molar-refractivity contribution in [3.05, 3.63) is 40.4 Å². The molecule has 0 saturated carbocycles. The average Bonchev–Trinajstić information content (AvgIpc) is 2.95. The molecule has 26 heavy (non-hydrogen) atoms. The van der Waals surface area contributed by atoms with Gasteiger partial charge in [-0.3, -0.25) is 14.9 Å². The number of benzene rings is 1. The number of fused-ring (bicyclic) bond motifs is 1. The molecule has 1 amide bonds. The third-order valence-corrected chi connectivity index (χ3v) is 5.57. The van der Waals surface area contributed by atoms with Crippen molar-refractivity contribution in [3.8, 4) is 5.75 Å². The Labute approximate surface area is 157 Å². The van der Waals surface area contributed by atoms with Gasteiger partial charge in [-0.1, -0.05) is 25.0 Å². The number of ketones is 1. The van der Waals surface area contributed by atoms with E-state index in [1.54, 1.807) is 42.5 Å². The van der Waals surface area contributed by atoms with E-state index in [4.69, 9.17) is 4.74 Å². The summed E-state index contributed by atoms with van der Waals surface area (Å²) in [5, 5.41) is 3.52. The summed E-state index contributed by atoms with van der Waals surface area (Å²) in [5.41, 5.74) is 1.70. The minimum atomic E-state index is -0.677.